The van der Waals surface area contributed by atoms with Gasteiger partial charge in [-0.1, -0.05) is 11.8 Å². The van der Waals surface area contributed by atoms with Gasteiger partial charge in [0.2, 0.25) is 0 Å². The molecule has 1 atom stereocenters. The molecule has 2 N–H and O–H groups in total. The van der Waals surface area contributed by atoms with Crippen LogP contribution in [-0.4, -0.2) is 67.5 Å². The fourth-order valence-electron chi connectivity index (χ4n) is 5.16. The Morgan fingerprint density at radius 1 is 1.13 bits per heavy atom. The highest BCUT2D eigenvalue weighted by atomic mass is 19.2. The van der Waals surface area contributed by atoms with Crippen LogP contribution in [0.3, 0.4) is 0 Å². The minimum absolute atomic E-state index is 0.0127. The Morgan fingerprint density at radius 3 is 2.44 bits per heavy atom. The maximum atomic E-state index is 13.4. The summed E-state index contributed by atoms with van der Waals surface area (Å²) in [6.45, 7) is 1.78. The molecule has 3 aromatic rings. The molecule has 1 aromatic heterocycles. The summed E-state index contributed by atoms with van der Waals surface area (Å²) >= 11 is 0. The topological polar surface area (TPSA) is 69.1 Å². The van der Waals surface area contributed by atoms with Crippen molar-refractivity contribution in [2.45, 2.75) is 31.8 Å². The van der Waals surface area contributed by atoms with Crippen LogP contribution in [0.25, 0.3) is 10.9 Å². The Hall–Kier alpha value is -3.32. The average Bonchev–Trinajstić information content (AvgIpc) is 2.94. The Kier molecular flexibility index (Phi) is 9.01. The van der Waals surface area contributed by atoms with Crippen LogP contribution >= 0.6 is 0 Å². The second kappa shape index (κ2) is 12.2. The van der Waals surface area contributed by atoms with Gasteiger partial charge in [0, 0.05) is 37.2 Å². The van der Waals surface area contributed by atoms with Crippen molar-refractivity contribution in [1.82, 2.24) is 9.88 Å². The van der Waals surface area contributed by atoms with Crippen molar-refractivity contribution >= 4 is 16.6 Å². The molecule has 0 saturated carbocycles. The van der Waals surface area contributed by atoms with Crippen LogP contribution in [0.15, 0.2) is 36.5 Å². The lowest BCUT2D eigenvalue weighted by Gasteiger charge is -2.40. The zero-order valence-electron chi connectivity index (χ0n) is 22.5. The van der Waals surface area contributed by atoms with Gasteiger partial charge in [0.25, 0.3) is 0 Å². The zero-order valence-corrected chi connectivity index (χ0v) is 22.5. The quantitative estimate of drug-likeness (QED) is 0.319. The Bertz CT molecular complexity index is 1360. The molecule has 39 heavy (non-hydrogen) atoms. The molecule has 9 heteroatoms. The van der Waals surface area contributed by atoms with E-state index in [9.17, 15) is 23.4 Å². The number of hydrogen-bond donors (Lipinski definition) is 2. The standard InChI is InChI=1S/C30H34F3N3O3/c1-35(2)26-18-34-25-7-6-21(39-3)17-22(25)28(26)27(38)8-9-30(19-37)10-13-36(14-11-30)12-4-5-20-15-23(31)29(33)24(32)16-20/h6-7,15-18,27,37-38H,8-14,19H2,1-3H3. The van der Waals surface area contributed by atoms with Crippen LogP contribution in [0.1, 0.15) is 42.9 Å². The SMILES string of the molecule is COc1ccc2ncc(N(C)C)c(C(O)CCC3(CO)CCN(CC#Cc4cc(F)c(F)c(F)c4)CC3)c2c1. The van der Waals surface area contributed by atoms with E-state index in [1.54, 1.807) is 13.3 Å². The monoisotopic (exact) mass is 541 g/mol. The molecule has 1 aliphatic rings. The summed E-state index contributed by atoms with van der Waals surface area (Å²) in [5.41, 5.74) is 2.15. The van der Waals surface area contributed by atoms with Gasteiger partial charge in [-0.3, -0.25) is 9.88 Å². The van der Waals surface area contributed by atoms with Crippen molar-refractivity contribution in [3.8, 4) is 17.6 Å². The minimum Gasteiger partial charge on any atom is -0.497 e. The Morgan fingerprint density at radius 2 is 1.82 bits per heavy atom. The molecule has 0 aliphatic carbocycles. The first-order chi connectivity index (χ1) is 18.7. The van der Waals surface area contributed by atoms with Gasteiger partial charge >= 0.3 is 0 Å². The molecule has 1 fully saturated rings. The second-order valence-corrected chi connectivity index (χ2v) is 10.4. The Labute approximate surface area is 227 Å². The summed E-state index contributed by atoms with van der Waals surface area (Å²) in [5, 5.41) is 22.6. The summed E-state index contributed by atoms with van der Waals surface area (Å²) in [5.74, 6) is 2.26. The number of pyridine rings is 1. The summed E-state index contributed by atoms with van der Waals surface area (Å²) in [4.78, 5) is 8.59. The number of rotatable bonds is 8. The molecule has 0 spiro atoms. The largest absolute Gasteiger partial charge is 0.497 e. The predicted molar refractivity (Wildman–Crippen MR) is 145 cm³/mol. The number of methoxy groups -OCH3 is 1. The van der Waals surface area contributed by atoms with E-state index in [2.05, 4.69) is 21.7 Å². The zero-order chi connectivity index (χ0) is 28.2. The third-order valence-corrected chi connectivity index (χ3v) is 7.63. The lowest BCUT2D eigenvalue weighted by molar-refractivity contribution is 0.0274. The van der Waals surface area contributed by atoms with Crippen molar-refractivity contribution in [3.63, 3.8) is 0 Å². The fraction of sp³-hybridized carbons (Fsp3) is 0.433. The van der Waals surface area contributed by atoms with Crippen LogP contribution in [0, 0.1) is 34.7 Å². The number of anilines is 1. The molecule has 0 bridgehead atoms. The van der Waals surface area contributed by atoms with Gasteiger partial charge < -0.3 is 19.8 Å². The summed E-state index contributed by atoms with van der Waals surface area (Å²) in [6.07, 6.45) is 3.57. The highest BCUT2D eigenvalue weighted by molar-refractivity contribution is 5.88. The lowest BCUT2D eigenvalue weighted by atomic mass is 9.74. The summed E-state index contributed by atoms with van der Waals surface area (Å²) < 4.78 is 45.4. The number of hydrogen-bond acceptors (Lipinski definition) is 6. The number of nitrogens with zero attached hydrogens (tertiary/aromatic N) is 3. The molecule has 4 rings (SSSR count). The molecule has 2 heterocycles. The average molecular weight is 542 g/mol. The van der Waals surface area contributed by atoms with Gasteiger partial charge in [-0.15, -0.1) is 0 Å². The first-order valence-electron chi connectivity index (χ1n) is 12.9. The van der Waals surface area contributed by atoms with Gasteiger partial charge in [-0.2, -0.15) is 0 Å². The maximum absolute atomic E-state index is 13.4. The molecular formula is C30H34F3N3O3. The van der Waals surface area contributed by atoms with Gasteiger partial charge in [-0.05, 0) is 74.5 Å². The van der Waals surface area contributed by atoms with E-state index in [1.807, 2.05) is 37.2 Å². The van der Waals surface area contributed by atoms with Gasteiger partial charge in [-0.25, -0.2) is 13.2 Å². The van der Waals surface area contributed by atoms with Crippen LogP contribution in [0.2, 0.25) is 0 Å². The number of aliphatic hydroxyl groups is 2. The molecular weight excluding hydrogens is 507 g/mol. The summed E-state index contributed by atoms with van der Waals surface area (Å²) in [7, 11) is 5.43. The van der Waals surface area contributed by atoms with Gasteiger partial charge in [0.05, 0.1) is 37.2 Å². The van der Waals surface area contributed by atoms with Gasteiger partial charge in [0.15, 0.2) is 17.5 Å². The van der Waals surface area contributed by atoms with Crippen molar-refractivity contribution in [1.29, 1.82) is 0 Å². The number of aromatic nitrogens is 1. The number of benzene rings is 2. The normalized spacial score (nSPS) is 16.0. The first-order valence-corrected chi connectivity index (χ1v) is 12.9. The van der Waals surface area contributed by atoms with E-state index in [-0.39, 0.29) is 17.6 Å². The molecule has 0 amide bonds. The minimum atomic E-state index is -1.50. The second-order valence-electron chi connectivity index (χ2n) is 10.4. The number of likely N-dealkylation sites (tertiary alicyclic amines) is 1. The predicted octanol–water partition coefficient (Wildman–Crippen LogP) is 4.67. The van der Waals surface area contributed by atoms with Crippen LogP contribution in [-0.2, 0) is 0 Å². The maximum Gasteiger partial charge on any atom is 0.194 e. The van der Waals surface area contributed by atoms with E-state index < -0.39 is 23.6 Å². The number of piperidine rings is 1. The third kappa shape index (κ3) is 6.47. The van der Waals surface area contributed by atoms with E-state index in [1.165, 1.54) is 0 Å². The number of aliphatic hydroxyl groups excluding tert-OH is 2. The van der Waals surface area contributed by atoms with E-state index in [0.717, 1.165) is 47.1 Å². The van der Waals surface area contributed by atoms with E-state index in [0.29, 0.717) is 38.2 Å². The third-order valence-electron chi connectivity index (χ3n) is 7.63. The summed E-state index contributed by atoms with van der Waals surface area (Å²) in [6, 6.07) is 7.38. The van der Waals surface area contributed by atoms with Crippen LogP contribution in [0.4, 0.5) is 18.9 Å². The number of halogens is 3. The van der Waals surface area contributed by atoms with Gasteiger partial charge in [0.1, 0.15) is 5.75 Å². The van der Waals surface area contributed by atoms with Crippen LogP contribution < -0.4 is 9.64 Å². The number of fused-ring (bicyclic) bond motifs is 1. The number of ether oxygens (including phenoxy) is 1. The highest BCUT2D eigenvalue weighted by Crippen LogP contribution is 2.41. The first kappa shape index (κ1) is 28.7. The van der Waals surface area contributed by atoms with Crippen molar-refractivity contribution in [2.75, 3.05) is 52.3 Å². The molecule has 2 aromatic carbocycles. The molecule has 6 nitrogen and oxygen atoms in total. The van der Waals surface area contributed by atoms with E-state index in [4.69, 9.17) is 4.74 Å². The highest BCUT2D eigenvalue weighted by Gasteiger charge is 2.34. The van der Waals surface area contributed by atoms with Crippen molar-refractivity contribution in [3.05, 3.63) is 65.1 Å². The fourth-order valence-corrected chi connectivity index (χ4v) is 5.16. The molecule has 1 saturated heterocycles. The molecule has 1 aliphatic heterocycles. The van der Waals surface area contributed by atoms with Crippen molar-refractivity contribution < 1.29 is 28.1 Å². The molecule has 208 valence electrons. The molecule has 1 unspecified atom stereocenters. The lowest BCUT2D eigenvalue weighted by Crippen LogP contribution is -2.42. The van der Waals surface area contributed by atoms with Crippen LogP contribution in [0.5, 0.6) is 5.75 Å². The van der Waals surface area contributed by atoms with Crippen molar-refractivity contribution in [2.24, 2.45) is 5.41 Å². The molecule has 0 radical (unpaired) electrons. The Balaban J connectivity index is 1.42. The van der Waals surface area contributed by atoms with E-state index >= 15 is 0 Å². The smallest absolute Gasteiger partial charge is 0.194 e.